The van der Waals surface area contributed by atoms with Crippen LogP contribution < -0.4 is 4.74 Å². The van der Waals surface area contributed by atoms with Gasteiger partial charge in [-0.1, -0.05) is 11.6 Å². The van der Waals surface area contributed by atoms with Gasteiger partial charge in [0.15, 0.2) is 0 Å². The zero-order valence-corrected chi connectivity index (χ0v) is 8.19. The smallest absolute Gasteiger partial charge is 0.455 e. The fourth-order valence-electron chi connectivity index (χ4n) is 0.899. The Kier molecular flexibility index (Phi) is 3.18. The second-order valence-corrected chi connectivity index (χ2v) is 2.90. The number of alkyl halides is 3. The Morgan fingerprint density at radius 1 is 1.47 bits per heavy atom. The van der Waals surface area contributed by atoms with Crippen LogP contribution >= 0.6 is 11.6 Å². The number of Topliss-reactive ketones (excluding diaryl/α,β-unsaturated/α-hetero) is 1. The molecular formula is C8H5ClF3NO2. The molecule has 1 rings (SSSR count). The Hall–Kier alpha value is -1.30. The van der Waals surface area contributed by atoms with Crippen LogP contribution in [0.4, 0.5) is 13.2 Å². The van der Waals surface area contributed by atoms with Crippen LogP contribution in [0.5, 0.6) is 5.88 Å². The monoisotopic (exact) mass is 239 g/mol. The molecule has 3 nitrogen and oxygen atoms in total. The average molecular weight is 240 g/mol. The highest BCUT2D eigenvalue weighted by molar-refractivity contribution is 6.29. The number of hydrogen-bond donors (Lipinski definition) is 0. The van der Waals surface area contributed by atoms with Gasteiger partial charge in [-0.25, -0.2) is 4.98 Å². The van der Waals surface area contributed by atoms with Gasteiger partial charge in [-0.2, -0.15) is 13.2 Å². The fraction of sp³-hybridized carbons (Fsp3) is 0.250. The first kappa shape index (κ1) is 11.8. The van der Waals surface area contributed by atoms with Gasteiger partial charge in [0.2, 0.25) is 5.88 Å². The molecule has 0 unspecified atom stereocenters. The number of ether oxygens (including phenoxy) is 1. The molecule has 0 aliphatic carbocycles. The van der Waals surface area contributed by atoms with E-state index < -0.39 is 23.4 Å². The van der Waals surface area contributed by atoms with Crippen molar-refractivity contribution >= 4 is 17.4 Å². The Labute approximate surface area is 87.8 Å². The van der Waals surface area contributed by atoms with Crippen molar-refractivity contribution in [3.8, 4) is 5.88 Å². The average Bonchev–Trinajstić information content (AvgIpc) is 2.15. The maximum Gasteiger partial charge on any atom is 0.455 e. The van der Waals surface area contributed by atoms with E-state index in [1.807, 2.05) is 0 Å². The fourth-order valence-corrected chi connectivity index (χ4v) is 1.04. The molecule has 0 saturated heterocycles. The number of halogens is 4. The lowest BCUT2D eigenvalue weighted by atomic mass is 10.2. The molecule has 0 fully saturated rings. The minimum atomic E-state index is -4.96. The van der Waals surface area contributed by atoms with E-state index in [1.165, 1.54) is 0 Å². The molecule has 0 aliphatic heterocycles. The summed E-state index contributed by atoms with van der Waals surface area (Å²) in [7, 11) is 1.10. The van der Waals surface area contributed by atoms with Crippen LogP contribution in [0.1, 0.15) is 10.4 Å². The third-order valence-corrected chi connectivity index (χ3v) is 1.73. The van der Waals surface area contributed by atoms with Crippen molar-refractivity contribution in [3.63, 3.8) is 0 Å². The summed E-state index contributed by atoms with van der Waals surface area (Å²) in [4.78, 5) is 14.3. The first-order chi connectivity index (χ1) is 6.86. The second kappa shape index (κ2) is 4.06. The number of hydrogen-bond acceptors (Lipinski definition) is 3. The molecule has 15 heavy (non-hydrogen) atoms. The van der Waals surface area contributed by atoms with Gasteiger partial charge in [-0.15, -0.1) is 0 Å². The van der Waals surface area contributed by atoms with Crippen LogP contribution in [-0.4, -0.2) is 24.1 Å². The summed E-state index contributed by atoms with van der Waals surface area (Å²) >= 11 is 5.43. The van der Waals surface area contributed by atoms with E-state index in [2.05, 4.69) is 9.72 Å². The summed E-state index contributed by atoms with van der Waals surface area (Å²) in [5, 5.41) is -0.0504. The zero-order chi connectivity index (χ0) is 11.6. The van der Waals surface area contributed by atoms with E-state index in [4.69, 9.17) is 11.6 Å². The van der Waals surface area contributed by atoms with Gasteiger partial charge in [0.25, 0.3) is 5.78 Å². The predicted octanol–water partition coefficient (Wildman–Crippen LogP) is 2.49. The lowest BCUT2D eigenvalue weighted by Crippen LogP contribution is -2.23. The third-order valence-electron chi connectivity index (χ3n) is 1.52. The van der Waals surface area contributed by atoms with E-state index in [1.54, 1.807) is 0 Å². The van der Waals surface area contributed by atoms with Crippen LogP contribution in [-0.2, 0) is 0 Å². The van der Waals surface area contributed by atoms with E-state index in [9.17, 15) is 18.0 Å². The molecule has 0 spiro atoms. The number of carbonyl (C=O) groups is 1. The molecule has 0 N–H and O–H groups in total. The summed E-state index contributed by atoms with van der Waals surface area (Å²) in [6, 6.07) is 2.01. The number of rotatable bonds is 2. The first-order valence-electron chi connectivity index (χ1n) is 3.68. The van der Waals surface area contributed by atoms with Gasteiger partial charge in [0.1, 0.15) is 5.15 Å². The molecule has 0 aromatic carbocycles. The van der Waals surface area contributed by atoms with E-state index in [0.29, 0.717) is 0 Å². The van der Waals surface area contributed by atoms with E-state index in [-0.39, 0.29) is 5.15 Å². The number of carbonyl (C=O) groups excluding carboxylic acids is 1. The summed E-state index contributed by atoms with van der Waals surface area (Å²) in [6.07, 6.45) is -4.96. The van der Waals surface area contributed by atoms with Gasteiger partial charge in [-0.05, 0) is 12.1 Å². The minimum Gasteiger partial charge on any atom is -0.480 e. The summed E-state index contributed by atoms with van der Waals surface area (Å²) in [5.74, 6) is -2.45. The largest absolute Gasteiger partial charge is 0.480 e. The first-order valence-corrected chi connectivity index (χ1v) is 4.06. The molecular weight excluding hydrogens is 235 g/mol. The molecule has 0 aliphatic rings. The molecule has 82 valence electrons. The SMILES string of the molecule is COc1nc(Cl)ccc1C(=O)C(F)(F)F. The number of nitrogens with zero attached hydrogens (tertiary/aromatic N) is 1. The molecule has 1 aromatic heterocycles. The van der Waals surface area contributed by atoms with Gasteiger partial charge in [0.05, 0.1) is 12.7 Å². The number of aromatic nitrogens is 1. The molecule has 1 heterocycles. The Balaban J connectivity index is 3.20. The highest BCUT2D eigenvalue weighted by atomic mass is 35.5. The van der Waals surface area contributed by atoms with Crippen molar-refractivity contribution in [2.24, 2.45) is 0 Å². The van der Waals surface area contributed by atoms with E-state index in [0.717, 1.165) is 19.2 Å². The van der Waals surface area contributed by atoms with Crippen molar-refractivity contribution in [2.75, 3.05) is 7.11 Å². The molecule has 1 aromatic rings. The minimum absolute atomic E-state index is 0.0504. The predicted molar refractivity (Wildman–Crippen MR) is 46.2 cm³/mol. The van der Waals surface area contributed by atoms with Gasteiger partial charge in [-0.3, -0.25) is 4.79 Å². The van der Waals surface area contributed by atoms with E-state index >= 15 is 0 Å². The molecule has 0 atom stereocenters. The van der Waals surface area contributed by atoms with Crippen LogP contribution in [0.2, 0.25) is 5.15 Å². The molecule has 7 heteroatoms. The standard InChI is InChI=1S/C8H5ClF3NO2/c1-15-7-4(2-3-5(9)13-7)6(14)8(10,11)12/h2-3H,1H3. The normalized spacial score (nSPS) is 11.3. The van der Waals surface area contributed by atoms with Crippen molar-refractivity contribution in [3.05, 3.63) is 22.8 Å². The lowest BCUT2D eigenvalue weighted by molar-refractivity contribution is -0.0886. The topological polar surface area (TPSA) is 39.2 Å². The third kappa shape index (κ3) is 2.59. The van der Waals surface area contributed by atoms with Crippen molar-refractivity contribution < 1.29 is 22.7 Å². The lowest BCUT2D eigenvalue weighted by Gasteiger charge is -2.08. The van der Waals surface area contributed by atoms with Crippen LogP contribution in [0.3, 0.4) is 0 Å². The van der Waals surface area contributed by atoms with Gasteiger partial charge < -0.3 is 4.74 Å². The highest BCUT2D eigenvalue weighted by Crippen LogP contribution is 2.27. The number of methoxy groups -OCH3 is 1. The van der Waals surface area contributed by atoms with Crippen molar-refractivity contribution in [2.45, 2.75) is 6.18 Å². The van der Waals surface area contributed by atoms with Gasteiger partial charge in [0, 0.05) is 0 Å². The molecule has 0 amide bonds. The molecule has 0 bridgehead atoms. The zero-order valence-electron chi connectivity index (χ0n) is 7.43. The van der Waals surface area contributed by atoms with Gasteiger partial charge >= 0.3 is 6.18 Å². The quantitative estimate of drug-likeness (QED) is 0.588. The molecule has 0 saturated carbocycles. The summed E-state index contributed by atoms with van der Waals surface area (Å²) < 4.78 is 40.8. The molecule has 0 radical (unpaired) electrons. The summed E-state index contributed by atoms with van der Waals surface area (Å²) in [6.45, 7) is 0. The number of ketones is 1. The van der Waals surface area contributed by atoms with Crippen molar-refractivity contribution in [1.82, 2.24) is 4.98 Å². The van der Waals surface area contributed by atoms with Crippen LogP contribution in [0.25, 0.3) is 0 Å². The highest BCUT2D eigenvalue weighted by Gasteiger charge is 2.41. The maximum absolute atomic E-state index is 12.1. The Morgan fingerprint density at radius 3 is 2.53 bits per heavy atom. The number of pyridine rings is 1. The van der Waals surface area contributed by atoms with Crippen LogP contribution in [0, 0.1) is 0 Å². The van der Waals surface area contributed by atoms with Crippen LogP contribution in [0.15, 0.2) is 12.1 Å². The Bertz CT molecular complexity index is 392. The Morgan fingerprint density at radius 2 is 2.07 bits per heavy atom. The van der Waals surface area contributed by atoms with Crippen molar-refractivity contribution in [1.29, 1.82) is 0 Å². The maximum atomic E-state index is 12.1. The summed E-state index contributed by atoms with van der Waals surface area (Å²) in [5.41, 5.74) is -0.658. The second-order valence-electron chi connectivity index (χ2n) is 2.52.